The van der Waals surface area contributed by atoms with E-state index in [1.807, 2.05) is 36.4 Å². The fraction of sp³-hybridized carbons (Fsp3) is 0.243. The molecule has 250 valence electrons. The van der Waals surface area contributed by atoms with Gasteiger partial charge in [-0.3, -0.25) is 0 Å². The highest BCUT2D eigenvalue weighted by Gasteiger charge is 2.73. The average Bonchev–Trinajstić information content (AvgIpc) is 3.08. The minimum Gasteiger partial charge on any atom is -0.488 e. The quantitative estimate of drug-likeness (QED) is 0.111. The summed E-state index contributed by atoms with van der Waals surface area (Å²) < 4.78 is 104. The molecule has 0 heterocycles. The van der Waals surface area contributed by atoms with E-state index in [9.17, 15) is 35.5 Å². The van der Waals surface area contributed by atoms with E-state index in [4.69, 9.17) is 14.7 Å². The first-order chi connectivity index (χ1) is 22.7. The van der Waals surface area contributed by atoms with Crippen molar-refractivity contribution >= 4 is 12.0 Å². The SMILES string of the molecule is COC(=O)c1ccc(CCC(/C=C/c2ccccc2OCc2ccc(C(F)(C(F)(F)F)C(F)(F)F)cc2)Cc2ccc(C#N)cc2)cc1. The third kappa shape index (κ3) is 8.62. The summed E-state index contributed by atoms with van der Waals surface area (Å²) >= 11 is 0. The van der Waals surface area contributed by atoms with E-state index in [0.717, 1.165) is 29.7 Å². The molecule has 0 amide bonds. The van der Waals surface area contributed by atoms with Gasteiger partial charge in [-0.05, 0) is 72.2 Å². The van der Waals surface area contributed by atoms with Gasteiger partial charge in [0.1, 0.15) is 12.4 Å². The number of hydrogen-bond acceptors (Lipinski definition) is 4. The third-order valence-electron chi connectivity index (χ3n) is 7.75. The van der Waals surface area contributed by atoms with Gasteiger partial charge in [0, 0.05) is 11.1 Å². The molecule has 0 aromatic heterocycles. The van der Waals surface area contributed by atoms with Crippen molar-refractivity contribution in [1.29, 1.82) is 5.26 Å². The number of halogens is 7. The zero-order chi connectivity index (χ0) is 35.0. The van der Waals surface area contributed by atoms with Crippen LogP contribution in [0.1, 0.15) is 50.2 Å². The highest BCUT2D eigenvalue weighted by molar-refractivity contribution is 5.89. The van der Waals surface area contributed by atoms with Gasteiger partial charge in [0.15, 0.2) is 0 Å². The van der Waals surface area contributed by atoms with Crippen molar-refractivity contribution in [1.82, 2.24) is 0 Å². The maximum absolute atomic E-state index is 14.4. The summed E-state index contributed by atoms with van der Waals surface area (Å²) in [7, 11) is 1.32. The largest absolute Gasteiger partial charge is 0.488 e. The molecule has 11 heteroatoms. The van der Waals surface area contributed by atoms with E-state index in [-0.39, 0.29) is 18.1 Å². The number of hydrogen-bond donors (Lipinski definition) is 0. The van der Waals surface area contributed by atoms with E-state index >= 15 is 0 Å². The van der Waals surface area contributed by atoms with Crippen LogP contribution in [0.15, 0.2) is 103 Å². The molecule has 4 rings (SSSR count). The standard InChI is InChI=1S/C37H30F7NO3/c1-47-34(46)31-18-12-25(13-19-31)6-7-27(22-26-8-10-28(23-45)11-9-26)14-17-30-4-2-3-5-33(30)48-24-29-15-20-32(21-16-29)35(38,36(39,40)41)37(42,43)44/h2-5,8-21,27H,6-7,22,24H2,1H3/b17-14+. The monoisotopic (exact) mass is 669 g/mol. The fourth-order valence-electron chi connectivity index (χ4n) is 5.03. The van der Waals surface area contributed by atoms with Crippen molar-refractivity contribution in [2.24, 2.45) is 5.92 Å². The number of nitrogens with zero attached hydrogens (tertiary/aromatic N) is 1. The smallest absolute Gasteiger partial charge is 0.435 e. The predicted octanol–water partition coefficient (Wildman–Crippen LogP) is 9.72. The maximum Gasteiger partial charge on any atom is 0.435 e. The lowest BCUT2D eigenvalue weighted by Gasteiger charge is -2.30. The number of carbonyl (C=O) groups excluding carboxylic acids is 1. The molecule has 0 bridgehead atoms. The van der Waals surface area contributed by atoms with Crippen LogP contribution in [0, 0.1) is 17.2 Å². The van der Waals surface area contributed by atoms with Crippen molar-refractivity contribution in [2.45, 2.75) is 43.9 Å². The number of alkyl halides is 7. The second-order valence-electron chi connectivity index (χ2n) is 11.0. The highest BCUT2D eigenvalue weighted by atomic mass is 19.4. The van der Waals surface area contributed by atoms with Crippen molar-refractivity contribution in [3.8, 4) is 11.8 Å². The van der Waals surface area contributed by atoms with Crippen LogP contribution < -0.4 is 4.74 Å². The van der Waals surface area contributed by atoms with Gasteiger partial charge >= 0.3 is 24.0 Å². The second-order valence-corrected chi connectivity index (χ2v) is 11.0. The Morgan fingerprint density at radius 1 is 0.792 bits per heavy atom. The lowest BCUT2D eigenvalue weighted by molar-refractivity contribution is -0.348. The molecule has 1 unspecified atom stereocenters. The molecule has 0 saturated carbocycles. The molecule has 4 aromatic rings. The van der Waals surface area contributed by atoms with E-state index in [0.29, 0.717) is 47.4 Å². The molecule has 0 fully saturated rings. The number of rotatable bonds is 12. The summed E-state index contributed by atoms with van der Waals surface area (Å²) in [5.74, 6) is 0.0200. The number of allylic oxidation sites excluding steroid dienone is 1. The van der Waals surface area contributed by atoms with E-state index in [1.54, 1.807) is 48.5 Å². The van der Waals surface area contributed by atoms with Crippen LogP contribution in [-0.4, -0.2) is 25.4 Å². The average molecular weight is 670 g/mol. The van der Waals surface area contributed by atoms with Crippen molar-refractivity contribution in [3.05, 3.63) is 142 Å². The Morgan fingerprint density at radius 2 is 1.38 bits per heavy atom. The van der Waals surface area contributed by atoms with Gasteiger partial charge in [-0.1, -0.05) is 78.9 Å². The minimum atomic E-state index is -6.19. The van der Waals surface area contributed by atoms with Gasteiger partial charge in [0.05, 0.1) is 24.3 Å². The van der Waals surface area contributed by atoms with E-state index in [2.05, 4.69) is 6.07 Å². The molecule has 1 atom stereocenters. The van der Waals surface area contributed by atoms with Crippen LogP contribution in [0.4, 0.5) is 30.7 Å². The lowest BCUT2D eigenvalue weighted by Crippen LogP contribution is -2.50. The van der Waals surface area contributed by atoms with Crippen LogP contribution in [-0.2, 0) is 29.9 Å². The van der Waals surface area contributed by atoms with Crippen molar-refractivity contribution < 1.29 is 45.0 Å². The molecule has 4 nitrogen and oxygen atoms in total. The zero-order valence-electron chi connectivity index (χ0n) is 25.6. The zero-order valence-corrected chi connectivity index (χ0v) is 25.6. The lowest BCUT2D eigenvalue weighted by atomic mass is 9.91. The molecular formula is C37H30F7NO3. The number of carbonyl (C=O) groups is 1. The molecule has 0 radical (unpaired) electrons. The van der Waals surface area contributed by atoms with E-state index < -0.39 is 29.6 Å². The first-order valence-corrected chi connectivity index (χ1v) is 14.7. The maximum atomic E-state index is 14.4. The number of nitriles is 1. The Bertz CT molecular complexity index is 1720. The highest BCUT2D eigenvalue weighted by Crippen LogP contribution is 2.53. The van der Waals surface area contributed by atoms with Crippen LogP contribution in [0.2, 0.25) is 0 Å². The van der Waals surface area contributed by atoms with Crippen molar-refractivity contribution in [2.75, 3.05) is 7.11 Å². The first kappa shape index (κ1) is 35.7. The second kappa shape index (κ2) is 15.2. The summed E-state index contributed by atoms with van der Waals surface area (Å²) in [5.41, 5.74) is -3.13. The Balaban J connectivity index is 1.50. The van der Waals surface area contributed by atoms with Crippen LogP contribution in [0.25, 0.3) is 6.08 Å². The molecular weight excluding hydrogens is 639 g/mol. The summed E-state index contributed by atoms with van der Waals surface area (Å²) in [5, 5.41) is 9.15. The first-order valence-electron chi connectivity index (χ1n) is 14.7. The minimum absolute atomic E-state index is 0.0297. The molecule has 4 aromatic carbocycles. The number of ether oxygens (including phenoxy) is 2. The Morgan fingerprint density at radius 3 is 1.96 bits per heavy atom. The van der Waals surface area contributed by atoms with Gasteiger partial charge in [0.2, 0.25) is 0 Å². The summed E-state index contributed by atoms with van der Waals surface area (Å²) in [6, 6.07) is 26.3. The number of para-hydroxylation sites is 1. The molecule has 0 aliphatic carbocycles. The fourth-order valence-corrected chi connectivity index (χ4v) is 5.03. The summed E-state index contributed by atoms with van der Waals surface area (Å²) in [6.45, 7) is -0.196. The van der Waals surface area contributed by atoms with Gasteiger partial charge < -0.3 is 9.47 Å². The number of aryl methyl sites for hydroxylation is 1. The normalized spacial score (nSPS) is 12.8. The Hall–Kier alpha value is -5.11. The molecule has 0 aliphatic rings. The third-order valence-corrected chi connectivity index (χ3v) is 7.75. The topological polar surface area (TPSA) is 59.3 Å². The predicted molar refractivity (Wildman–Crippen MR) is 166 cm³/mol. The molecule has 0 N–H and O–H groups in total. The van der Waals surface area contributed by atoms with E-state index in [1.165, 1.54) is 7.11 Å². The van der Waals surface area contributed by atoms with Gasteiger partial charge in [-0.25, -0.2) is 9.18 Å². The Kier molecular flexibility index (Phi) is 11.3. The van der Waals surface area contributed by atoms with Crippen LogP contribution in [0.3, 0.4) is 0 Å². The molecule has 0 aliphatic heterocycles. The Labute approximate surface area is 273 Å². The van der Waals surface area contributed by atoms with Gasteiger partial charge in [0.25, 0.3) is 0 Å². The molecule has 0 spiro atoms. The molecule has 48 heavy (non-hydrogen) atoms. The van der Waals surface area contributed by atoms with Crippen LogP contribution >= 0.6 is 0 Å². The number of methoxy groups -OCH3 is 1. The van der Waals surface area contributed by atoms with Crippen molar-refractivity contribution in [3.63, 3.8) is 0 Å². The number of benzene rings is 4. The summed E-state index contributed by atoms with van der Waals surface area (Å²) in [6.07, 6.45) is -6.41. The summed E-state index contributed by atoms with van der Waals surface area (Å²) in [4.78, 5) is 11.8. The van der Waals surface area contributed by atoms with Gasteiger partial charge in [-0.15, -0.1) is 0 Å². The van der Waals surface area contributed by atoms with Gasteiger partial charge in [-0.2, -0.15) is 31.6 Å². The number of esters is 1. The molecule has 0 saturated heterocycles. The van der Waals surface area contributed by atoms with Crippen LogP contribution in [0.5, 0.6) is 5.75 Å².